The van der Waals surface area contributed by atoms with Crippen LogP contribution in [0.25, 0.3) is 43.4 Å². The van der Waals surface area contributed by atoms with Gasteiger partial charge in [0.15, 0.2) is 0 Å². The predicted molar refractivity (Wildman–Crippen MR) is 370 cm³/mol. The van der Waals surface area contributed by atoms with Crippen molar-refractivity contribution in [3.05, 3.63) is 354 Å². The van der Waals surface area contributed by atoms with Crippen molar-refractivity contribution in [3.8, 4) is 5.75 Å². The number of aromatic nitrogens is 3. The molecule has 0 saturated carbocycles. The van der Waals surface area contributed by atoms with Crippen molar-refractivity contribution in [3.63, 3.8) is 0 Å². The average Bonchev–Trinajstić information content (AvgIpc) is 4.61. The number of pyridine rings is 3. The Kier molecular flexibility index (Phi) is 26.0. The molecule has 2 aliphatic carbocycles. The third-order valence-corrected chi connectivity index (χ3v) is 16.3. The first-order valence-corrected chi connectivity index (χ1v) is 32.0. The molecule has 7 heteroatoms. The number of thiophene rings is 1. The number of nitrogens with zero attached hydrogens (tertiary/aromatic N) is 3. The molecule has 7 heterocycles. The van der Waals surface area contributed by atoms with Gasteiger partial charge in [-0.15, -0.1) is 11.8 Å². The topological polar surface area (TPSA) is 61.0 Å². The maximum absolute atomic E-state index is 5.30. The highest BCUT2D eigenvalue weighted by Crippen LogP contribution is 2.30. The van der Waals surface area contributed by atoms with Crippen molar-refractivity contribution in [2.75, 3.05) is 12.4 Å². The molecule has 0 unspecified atom stereocenters. The van der Waals surface area contributed by atoms with E-state index in [-0.39, 0.29) is 0 Å². The van der Waals surface area contributed by atoms with Gasteiger partial charge in [0.1, 0.15) is 11.3 Å². The Labute approximate surface area is 522 Å². The number of aryl methyl sites for hydroxylation is 5. The van der Waals surface area contributed by atoms with Crippen LogP contribution in [-0.2, 0) is 38.5 Å². The standard InChI is InChI=1S/C10H12.C10H8.2C9H7N.C9H10.C8H8O.C8H6O.C8H8S.C5H5N.C4H4S/c2*1-2-6-10-8-4-3-7-9(10)5-1;1-2-6-9-8(4-1)5-3-7-10-9;1-2-4-9-7-10-6-5-8(9)3-1;1-2-5-9-7-3-6-8(9)4-1;3*1-2-4-8-7(3-1)5-6-9-8;1-2-4-6-5-3-1;1-2-4-5-3-1/h1-2,5-6H,3-4,7-8H2;1-8H;2*1-7H;1-2,4-5H,3,6-7H2;1-4H,5-6H2;1-6H;1-4H,5-6H2;1-5H;1-4H. The fourth-order valence-corrected chi connectivity index (χ4v) is 11.6. The third kappa shape index (κ3) is 21.3. The minimum Gasteiger partial charge on any atom is -0.493 e. The molecule has 9 aromatic carbocycles. The molecule has 5 aromatic heterocycles. The summed E-state index contributed by atoms with van der Waals surface area (Å²) < 4.78 is 10.4. The second kappa shape index (κ2) is 36.4. The van der Waals surface area contributed by atoms with E-state index in [9.17, 15) is 0 Å². The Bertz CT molecular complexity index is 3500. The van der Waals surface area contributed by atoms with Crippen LogP contribution < -0.4 is 4.74 Å². The number of rotatable bonds is 0. The Morgan fingerprint density at radius 1 is 0.322 bits per heavy atom. The number of thioether (sulfide) groups is 1. The van der Waals surface area contributed by atoms with Crippen LogP contribution in [0.3, 0.4) is 0 Å². The van der Waals surface area contributed by atoms with Crippen LogP contribution in [0, 0.1) is 0 Å². The summed E-state index contributed by atoms with van der Waals surface area (Å²) >= 11 is 3.68. The summed E-state index contributed by atoms with van der Waals surface area (Å²) in [6.07, 6.45) is 22.4. The Balaban J connectivity index is 0.000000116. The highest BCUT2D eigenvalue weighted by molar-refractivity contribution is 7.99. The summed E-state index contributed by atoms with van der Waals surface area (Å²) in [5.74, 6) is 2.34. The fourth-order valence-electron chi connectivity index (χ4n) is 10.1. The SMILES string of the molecule is c1ccc2c(c1)CCC2.c1ccc2c(c1)CCCC2.c1ccc2c(c1)CCO2.c1ccc2c(c1)CCS2.c1ccc2ccccc2c1.c1ccc2cnccc2c1.c1ccc2ncccc2c1.c1ccc2occc2c1.c1ccncc1.c1ccsc1. The van der Waals surface area contributed by atoms with Gasteiger partial charge in [-0.2, -0.15) is 11.3 Å². The summed E-state index contributed by atoms with van der Waals surface area (Å²) in [5.41, 5.74) is 11.2. The van der Waals surface area contributed by atoms with E-state index in [1.54, 1.807) is 52.2 Å². The first kappa shape index (κ1) is 62.1. The zero-order chi connectivity index (χ0) is 59.4. The second-order valence-corrected chi connectivity index (χ2v) is 22.5. The molecule has 0 N–H and O–H groups in total. The molecule has 18 rings (SSSR count). The maximum atomic E-state index is 5.30. The number of furan rings is 1. The maximum Gasteiger partial charge on any atom is 0.133 e. The molecule has 0 fully saturated rings. The van der Waals surface area contributed by atoms with Gasteiger partial charge in [-0.05, 0) is 172 Å². The second-order valence-electron chi connectivity index (χ2n) is 20.6. The van der Waals surface area contributed by atoms with Crippen LogP contribution in [-0.4, -0.2) is 27.3 Å². The fraction of sp³-hybridized carbons (Fsp3) is 0.138. The number of hydrogen-bond acceptors (Lipinski definition) is 7. The zero-order valence-electron chi connectivity index (χ0n) is 49.4. The van der Waals surface area contributed by atoms with E-state index in [0.717, 1.165) is 35.3 Å². The molecule has 87 heavy (non-hydrogen) atoms. The van der Waals surface area contributed by atoms with Crippen LogP contribution in [0.2, 0.25) is 0 Å². The van der Waals surface area contributed by atoms with Gasteiger partial charge in [0.2, 0.25) is 0 Å². The Morgan fingerprint density at radius 2 is 0.828 bits per heavy atom. The van der Waals surface area contributed by atoms with E-state index in [1.807, 2.05) is 162 Å². The van der Waals surface area contributed by atoms with Gasteiger partial charge < -0.3 is 9.15 Å². The van der Waals surface area contributed by atoms with Crippen LogP contribution >= 0.6 is 23.1 Å². The summed E-state index contributed by atoms with van der Waals surface area (Å²) in [6, 6.07) is 93.0. The summed E-state index contributed by atoms with van der Waals surface area (Å²) in [6.45, 7) is 0.860. The van der Waals surface area contributed by atoms with Gasteiger partial charge in [0, 0.05) is 58.8 Å². The average molecular weight is 1170 g/mol. The van der Waals surface area contributed by atoms with Gasteiger partial charge in [0.25, 0.3) is 0 Å². The minimum atomic E-state index is 0.860. The van der Waals surface area contributed by atoms with E-state index in [1.165, 1.54) is 100 Å². The molecule has 0 spiro atoms. The molecule has 0 bridgehead atoms. The number of fused-ring (bicyclic) bond motifs is 8. The number of ether oxygens (including phenoxy) is 1. The summed E-state index contributed by atoms with van der Waals surface area (Å²) in [7, 11) is 0. The van der Waals surface area contributed by atoms with Gasteiger partial charge in [-0.25, -0.2) is 0 Å². The molecule has 0 saturated heterocycles. The largest absolute Gasteiger partial charge is 0.493 e. The number of benzene rings is 9. The van der Waals surface area contributed by atoms with Crippen molar-refractivity contribution in [2.24, 2.45) is 0 Å². The Morgan fingerprint density at radius 3 is 1.37 bits per heavy atom. The van der Waals surface area contributed by atoms with Crippen molar-refractivity contribution < 1.29 is 9.15 Å². The zero-order valence-corrected chi connectivity index (χ0v) is 51.0. The molecule has 14 aromatic rings. The molecule has 4 aliphatic rings. The monoisotopic (exact) mass is 1170 g/mol. The quantitative estimate of drug-likeness (QED) is 0.151. The molecule has 434 valence electrons. The molecular weight excluding hydrogens is 1100 g/mol. The van der Waals surface area contributed by atoms with E-state index in [0.29, 0.717) is 0 Å². The minimum absolute atomic E-state index is 0.860. The van der Waals surface area contributed by atoms with Gasteiger partial charge in [-0.3, -0.25) is 15.0 Å². The van der Waals surface area contributed by atoms with Crippen molar-refractivity contribution in [2.45, 2.75) is 62.7 Å². The first-order chi connectivity index (χ1) is 43.2. The molecule has 0 atom stereocenters. The summed E-state index contributed by atoms with van der Waals surface area (Å²) in [4.78, 5) is 13.5. The highest BCUT2D eigenvalue weighted by atomic mass is 32.2. The molecule has 2 aliphatic heterocycles. The van der Waals surface area contributed by atoms with Crippen molar-refractivity contribution in [1.29, 1.82) is 0 Å². The van der Waals surface area contributed by atoms with E-state index in [2.05, 4.69) is 167 Å². The van der Waals surface area contributed by atoms with Gasteiger partial charge >= 0.3 is 0 Å². The summed E-state index contributed by atoms with van der Waals surface area (Å²) in [5, 5.41) is 11.5. The van der Waals surface area contributed by atoms with Crippen LogP contribution in [0.1, 0.15) is 52.6 Å². The number of hydrogen-bond donors (Lipinski definition) is 0. The molecule has 0 amide bonds. The molecular formula is C80H75N3O2S2. The lowest BCUT2D eigenvalue weighted by Gasteiger charge is -2.13. The van der Waals surface area contributed by atoms with Crippen LogP contribution in [0.15, 0.2) is 330 Å². The normalized spacial score (nSPS) is 12.1. The van der Waals surface area contributed by atoms with Gasteiger partial charge in [0.05, 0.1) is 18.4 Å². The van der Waals surface area contributed by atoms with E-state index < -0.39 is 0 Å². The number of para-hydroxylation sites is 3. The predicted octanol–water partition coefficient (Wildman–Crippen LogP) is 21.3. The molecule has 0 radical (unpaired) electrons. The van der Waals surface area contributed by atoms with Crippen molar-refractivity contribution >= 4 is 66.5 Å². The third-order valence-electron chi connectivity index (χ3n) is 14.5. The molecule has 5 nitrogen and oxygen atoms in total. The smallest absolute Gasteiger partial charge is 0.133 e. The van der Waals surface area contributed by atoms with E-state index >= 15 is 0 Å². The van der Waals surface area contributed by atoms with Crippen LogP contribution in [0.4, 0.5) is 0 Å². The van der Waals surface area contributed by atoms with Crippen LogP contribution in [0.5, 0.6) is 5.75 Å². The lowest BCUT2D eigenvalue weighted by Crippen LogP contribution is -2.00. The Hall–Kier alpha value is -9.40. The first-order valence-electron chi connectivity index (χ1n) is 30.1. The lowest BCUT2D eigenvalue weighted by molar-refractivity contribution is 0.357. The van der Waals surface area contributed by atoms with Gasteiger partial charge in [-0.1, -0.05) is 218 Å². The highest BCUT2D eigenvalue weighted by Gasteiger charge is 2.10. The lowest BCUT2D eigenvalue weighted by atomic mass is 9.92. The van der Waals surface area contributed by atoms with E-state index in [4.69, 9.17) is 9.15 Å². The van der Waals surface area contributed by atoms with Crippen molar-refractivity contribution in [1.82, 2.24) is 15.0 Å².